The van der Waals surface area contributed by atoms with Crippen LogP contribution in [0.1, 0.15) is 0 Å². The van der Waals surface area contributed by atoms with Crippen LogP contribution in [-0.2, 0) is 0 Å². The average Bonchev–Trinajstić information content (AvgIpc) is 2.61. The highest BCUT2D eigenvalue weighted by molar-refractivity contribution is 5.87. The molecule has 78 valence electrons. The number of H-pyrrole nitrogens is 1. The number of benzene rings is 1. The first kappa shape index (κ1) is 9.45. The standard InChI is InChI=1S/C9H10N4O2/c1-12(2)8-4-7-6(5-10-11-7)3-9(8)13(14)15/h3-5H,1-2H3,(H,10,11). The number of aromatic amines is 1. The first-order valence-corrected chi connectivity index (χ1v) is 4.38. The van der Waals surface area contributed by atoms with Crippen LogP contribution in [0.3, 0.4) is 0 Å². The van der Waals surface area contributed by atoms with Crippen molar-refractivity contribution in [2.24, 2.45) is 0 Å². The van der Waals surface area contributed by atoms with Crippen LogP contribution in [0, 0.1) is 10.1 Å². The Labute approximate surface area is 85.7 Å². The molecule has 0 saturated carbocycles. The van der Waals surface area contributed by atoms with Gasteiger partial charge in [-0.1, -0.05) is 0 Å². The maximum Gasteiger partial charge on any atom is 0.293 e. The number of rotatable bonds is 2. The van der Waals surface area contributed by atoms with Crippen molar-refractivity contribution in [2.75, 3.05) is 19.0 Å². The van der Waals surface area contributed by atoms with Gasteiger partial charge in [-0.15, -0.1) is 0 Å². The minimum Gasteiger partial charge on any atom is -0.372 e. The van der Waals surface area contributed by atoms with E-state index < -0.39 is 0 Å². The predicted molar refractivity (Wildman–Crippen MR) is 57.1 cm³/mol. The fourth-order valence-electron chi connectivity index (χ4n) is 1.47. The summed E-state index contributed by atoms with van der Waals surface area (Å²) < 4.78 is 0. The Balaban J connectivity index is 2.73. The summed E-state index contributed by atoms with van der Waals surface area (Å²) in [7, 11) is 3.54. The van der Waals surface area contributed by atoms with E-state index >= 15 is 0 Å². The number of nitro groups is 1. The van der Waals surface area contributed by atoms with E-state index in [0.717, 1.165) is 10.9 Å². The molecule has 0 unspecified atom stereocenters. The molecule has 0 amide bonds. The van der Waals surface area contributed by atoms with Crippen LogP contribution >= 0.6 is 0 Å². The van der Waals surface area contributed by atoms with Gasteiger partial charge in [-0.05, 0) is 6.07 Å². The number of anilines is 1. The zero-order valence-corrected chi connectivity index (χ0v) is 8.39. The Bertz CT molecular complexity index is 518. The van der Waals surface area contributed by atoms with Gasteiger partial charge in [-0.2, -0.15) is 5.10 Å². The fraction of sp³-hybridized carbons (Fsp3) is 0.222. The van der Waals surface area contributed by atoms with Gasteiger partial charge in [0.05, 0.1) is 16.6 Å². The molecule has 15 heavy (non-hydrogen) atoms. The lowest BCUT2D eigenvalue weighted by molar-refractivity contribution is -0.384. The summed E-state index contributed by atoms with van der Waals surface area (Å²) in [5.41, 5.74) is 1.45. The Hall–Kier alpha value is -2.11. The summed E-state index contributed by atoms with van der Waals surface area (Å²) in [5, 5.41) is 18.2. The summed E-state index contributed by atoms with van der Waals surface area (Å²) in [5.74, 6) is 0. The van der Waals surface area contributed by atoms with Crippen molar-refractivity contribution in [3.8, 4) is 0 Å². The highest BCUT2D eigenvalue weighted by Gasteiger charge is 2.17. The van der Waals surface area contributed by atoms with E-state index in [1.807, 2.05) is 0 Å². The van der Waals surface area contributed by atoms with Gasteiger partial charge < -0.3 is 4.90 Å². The van der Waals surface area contributed by atoms with Crippen LogP contribution in [0.5, 0.6) is 0 Å². The molecule has 2 aromatic rings. The average molecular weight is 206 g/mol. The number of aromatic nitrogens is 2. The highest BCUT2D eigenvalue weighted by atomic mass is 16.6. The van der Waals surface area contributed by atoms with Crippen LogP contribution in [0.4, 0.5) is 11.4 Å². The molecule has 0 radical (unpaired) electrons. The Morgan fingerprint density at radius 2 is 2.20 bits per heavy atom. The molecular weight excluding hydrogens is 196 g/mol. The first-order chi connectivity index (χ1) is 7.09. The van der Waals surface area contributed by atoms with Crippen LogP contribution < -0.4 is 4.90 Å². The normalized spacial score (nSPS) is 10.5. The summed E-state index contributed by atoms with van der Waals surface area (Å²) >= 11 is 0. The third-order valence-electron chi connectivity index (χ3n) is 2.21. The molecule has 1 aromatic heterocycles. The quantitative estimate of drug-likeness (QED) is 0.597. The van der Waals surface area contributed by atoms with Crippen molar-refractivity contribution in [1.82, 2.24) is 10.2 Å². The molecule has 6 nitrogen and oxygen atoms in total. The molecule has 1 heterocycles. The lowest BCUT2D eigenvalue weighted by Crippen LogP contribution is -2.10. The number of nitrogens with zero attached hydrogens (tertiary/aromatic N) is 3. The summed E-state index contributed by atoms with van der Waals surface area (Å²) in [6.45, 7) is 0. The molecular formula is C9H10N4O2. The Kier molecular flexibility index (Phi) is 2.03. The van der Waals surface area contributed by atoms with Crippen molar-refractivity contribution in [2.45, 2.75) is 0 Å². The van der Waals surface area contributed by atoms with E-state index in [9.17, 15) is 10.1 Å². The minimum atomic E-state index is -0.387. The lowest BCUT2D eigenvalue weighted by Gasteiger charge is -2.12. The van der Waals surface area contributed by atoms with Gasteiger partial charge in [0.1, 0.15) is 5.69 Å². The number of fused-ring (bicyclic) bond motifs is 1. The molecule has 1 N–H and O–H groups in total. The van der Waals surface area contributed by atoms with Gasteiger partial charge in [0.25, 0.3) is 5.69 Å². The van der Waals surface area contributed by atoms with E-state index in [1.165, 1.54) is 6.07 Å². The third kappa shape index (κ3) is 1.50. The Morgan fingerprint density at radius 1 is 1.47 bits per heavy atom. The van der Waals surface area contributed by atoms with E-state index in [4.69, 9.17) is 0 Å². The second-order valence-electron chi connectivity index (χ2n) is 3.45. The number of nitro benzene ring substituents is 1. The minimum absolute atomic E-state index is 0.0916. The van der Waals surface area contributed by atoms with Gasteiger partial charge in [0.2, 0.25) is 0 Å². The van der Waals surface area contributed by atoms with Gasteiger partial charge in [0.15, 0.2) is 0 Å². The summed E-state index contributed by atoms with van der Waals surface area (Å²) in [6, 6.07) is 3.24. The molecule has 1 aromatic carbocycles. The van der Waals surface area contributed by atoms with Gasteiger partial charge >= 0.3 is 0 Å². The number of nitrogens with one attached hydrogen (secondary N) is 1. The first-order valence-electron chi connectivity index (χ1n) is 4.38. The SMILES string of the molecule is CN(C)c1cc2[nH]ncc2cc1[N+](=O)[O-]. The lowest BCUT2D eigenvalue weighted by atomic mass is 10.2. The monoisotopic (exact) mass is 206 g/mol. The van der Waals surface area contributed by atoms with E-state index in [-0.39, 0.29) is 10.6 Å². The van der Waals surface area contributed by atoms with E-state index in [1.54, 1.807) is 31.3 Å². The largest absolute Gasteiger partial charge is 0.372 e. The van der Waals surface area contributed by atoms with Crippen LogP contribution in [0.25, 0.3) is 10.9 Å². The fourth-order valence-corrected chi connectivity index (χ4v) is 1.47. The van der Waals surface area contributed by atoms with Crippen molar-refractivity contribution < 1.29 is 4.92 Å². The zero-order chi connectivity index (χ0) is 11.0. The topological polar surface area (TPSA) is 75.1 Å². The summed E-state index contributed by atoms with van der Waals surface area (Å²) in [4.78, 5) is 12.2. The molecule has 0 atom stereocenters. The third-order valence-corrected chi connectivity index (χ3v) is 2.21. The predicted octanol–water partition coefficient (Wildman–Crippen LogP) is 1.54. The Morgan fingerprint density at radius 3 is 2.80 bits per heavy atom. The summed E-state index contributed by atoms with van der Waals surface area (Å²) in [6.07, 6.45) is 1.57. The van der Waals surface area contributed by atoms with Crippen LogP contribution in [0.2, 0.25) is 0 Å². The second-order valence-corrected chi connectivity index (χ2v) is 3.45. The van der Waals surface area contributed by atoms with Crippen LogP contribution in [-0.4, -0.2) is 29.2 Å². The maximum atomic E-state index is 10.8. The van der Waals surface area contributed by atoms with E-state index in [0.29, 0.717) is 5.69 Å². The molecule has 0 spiro atoms. The van der Waals surface area contributed by atoms with E-state index in [2.05, 4.69) is 10.2 Å². The molecule has 0 aliphatic carbocycles. The molecule has 0 bridgehead atoms. The van der Waals surface area contributed by atoms with Crippen molar-refractivity contribution in [1.29, 1.82) is 0 Å². The van der Waals surface area contributed by atoms with Gasteiger partial charge in [-0.3, -0.25) is 15.2 Å². The smallest absolute Gasteiger partial charge is 0.293 e. The number of hydrogen-bond acceptors (Lipinski definition) is 4. The van der Waals surface area contributed by atoms with Gasteiger partial charge in [-0.25, -0.2) is 0 Å². The van der Waals surface area contributed by atoms with Crippen molar-refractivity contribution in [3.63, 3.8) is 0 Å². The molecule has 6 heteroatoms. The molecule has 0 saturated heterocycles. The molecule has 2 rings (SSSR count). The second kappa shape index (κ2) is 3.23. The molecule has 0 aliphatic rings. The van der Waals surface area contributed by atoms with Crippen molar-refractivity contribution in [3.05, 3.63) is 28.4 Å². The molecule has 0 fully saturated rings. The highest BCUT2D eigenvalue weighted by Crippen LogP contribution is 2.30. The van der Waals surface area contributed by atoms with Crippen molar-refractivity contribution >= 4 is 22.3 Å². The maximum absolute atomic E-state index is 10.8. The molecule has 0 aliphatic heterocycles. The van der Waals surface area contributed by atoms with Crippen LogP contribution in [0.15, 0.2) is 18.3 Å². The zero-order valence-electron chi connectivity index (χ0n) is 8.39. The van der Waals surface area contributed by atoms with Gasteiger partial charge in [0, 0.05) is 25.5 Å². The number of hydrogen-bond donors (Lipinski definition) is 1.